The summed E-state index contributed by atoms with van der Waals surface area (Å²) >= 11 is 0. The molecule has 196 valence electrons. The maximum Gasteiger partial charge on any atom is 0.277 e. The Hall–Kier alpha value is -2.76. The molecule has 0 radical (unpaired) electrons. The standard InChI is InChI=1S/C25H36N6O4S/c1-5-8-20-22-23(31(4)29-20)25(32)28-24(27-22)19-16-18(10-11-21(19)35-15-6-2)36(33,34)26-13-12-17-9-7-14-30(17)3/h10-11,16-17,26H,5-9,12-15H2,1-4H3,(H,27,28,32)/i1D3,3D3,4D3,5D2,12D2,13D2. The molecule has 0 spiro atoms. The summed E-state index contributed by atoms with van der Waals surface area (Å²) in [4.78, 5) is 20.2. The van der Waals surface area contributed by atoms with Gasteiger partial charge in [-0.25, -0.2) is 18.1 Å². The van der Waals surface area contributed by atoms with Gasteiger partial charge in [0.2, 0.25) is 10.0 Å². The first kappa shape index (κ1) is 13.2. The Morgan fingerprint density at radius 3 is 3.03 bits per heavy atom. The number of benzene rings is 1. The minimum Gasteiger partial charge on any atom is -0.493 e. The van der Waals surface area contributed by atoms with Crippen molar-refractivity contribution in [1.29, 1.82) is 0 Å². The molecule has 4 rings (SSSR count). The maximum atomic E-state index is 13.6. The predicted molar refractivity (Wildman–Crippen MR) is 140 cm³/mol. The minimum atomic E-state index is -4.97. The van der Waals surface area contributed by atoms with E-state index in [4.69, 9.17) is 25.3 Å². The summed E-state index contributed by atoms with van der Waals surface area (Å²) in [6, 6.07) is 1.57. The number of aromatic nitrogens is 4. The van der Waals surface area contributed by atoms with Crippen LogP contribution in [0.4, 0.5) is 0 Å². The number of H-pyrrole nitrogens is 1. The number of hydrogen-bond acceptors (Lipinski definition) is 7. The van der Waals surface area contributed by atoms with Crippen molar-refractivity contribution in [3.63, 3.8) is 0 Å². The summed E-state index contributed by atoms with van der Waals surface area (Å²) in [5.41, 5.74) is -2.99. The molecule has 1 fully saturated rings. The molecule has 1 aliphatic heterocycles. The largest absolute Gasteiger partial charge is 0.493 e. The van der Waals surface area contributed by atoms with E-state index in [0.717, 1.165) is 23.1 Å². The van der Waals surface area contributed by atoms with Gasteiger partial charge in [0.25, 0.3) is 5.56 Å². The molecule has 3 heterocycles. The average Bonchev–Trinajstić information content (AvgIpc) is 3.61. The van der Waals surface area contributed by atoms with Crippen molar-refractivity contribution in [1.82, 2.24) is 29.4 Å². The van der Waals surface area contributed by atoms with E-state index in [1.54, 1.807) is 11.6 Å². The number of nitrogens with zero attached hydrogens (tertiary/aromatic N) is 4. The third-order valence-electron chi connectivity index (χ3n) is 5.51. The molecule has 0 aliphatic carbocycles. The number of nitrogens with one attached hydrogen (secondary N) is 2. The monoisotopic (exact) mass is 531 g/mol. The topological polar surface area (TPSA) is 122 Å². The van der Waals surface area contributed by atoms with Crippen molar-refractivity contribution >= 4 is 21.1 Å². The van der Waals surface area contributed by atoms with Crippen molar-refractivity contribution in [2.75, 3.05) is 26.6 Å². The quantitative estimate of drug-likeness (QED) is 0.390. The molecule has 0 bridgehead atoms. The second-order valence-electron chi connectivity index (χ2n) is 8.06. The fourth-order valence-corrected chi connectivity index (χ4v) is 4.60. The average molecular weight is 532 g/mol. The summed E-state index contributed by atoms with van der Waals surface area (Å²) in [7, 11) is -4.97. The fraction of sp³-hybridized carbons (Fsp3) is 0.560. The van der Waals surface area contributed by atoms with E-state index in [9.17, 15) is 13.2 Å². The number of aromatic amines is 1. The van der Waals surface area contributed by atoms with E-state index in [0.29, 0.717) is 11.1 Å². The Morgan fingerprint density at radius 1 is 1.36 bits per heavy atom. The SMILES string of the molecule is [2H]C([2H])([2H])N1CCCC1C([2H])([2H])C([2H])([2H])NS(=O)(=O)c1ccc(OCCC)c(-c2nc3c(CC([2H])([2H])C([2H])([2H])[2H])nn(C([2H])([2H])[2H])c3c(=O)[nH]2)c1. The van der Waals surface area contributed by atoms with Gasteiger partial charge in [0.15, 0.2) is 5.52 Å². The van der Waals surface area contributed by atoms with Gasteiger partial charge in [-0.3, -0.25) is 9.48 Å². The Bertz CT molecular complexity index is 1940. The first-order valence-corrected chi connectivity index (χ1v) is 12.6. The molecule has 10 nitrogen and oxygen atoms in total. The van der Waals surface area contributed by atoms with Gasteiger partial charge >= 0.3 is 0 Å². The van der Waals surface area contributed by atoms with Crippen LogP contribution in [-0.4, -0.2) is 65.7 Å². The normalized spacial score (nSPS) is 25.1. The van der Waals surface area contributed by atoms with Crippen LogP contribution in [-0.2, 0) is 23.4 Å². The van der Waals surface area contributed by atoms with Crippen LogP contribution in [0.25, 0.3) is 22.4 Å². The number of hydrogen-bond donors (Lipinski definition) is 2. The van der Waals surface area contributed by atoms with Crippen molar-refractivity contribution < 1.29 is 33.7 Å². The molecular formula is C25H36N6O4S. The number of likely N-dealkylation sites (tertiary alicyclic amines) is 1. The van der Waals surface area contributed by atoms with Crippen molar-refractivity contribution in [3.8, 4) is 17.1 Å². The molecule has 36 heavy (non-hydrogen) atoms. The van der Waals surface area contributed by atoms with Crippen LogP contribution in [0.2, 0.25) is 0 Å². The first-order chi connectivity index (χ1) is 23.0. The smallest absolute Gasteiger partial charge is 0.277 e. The minimum absolute atomic E-state index is 0.0569. The zero-order chi connectivity index (χ0) is 38.8. The summed E-state index contributed by atoms with van der Waals surface area (Å²) < 4.78 is 154. The van der Waals surface area contributed by atoms with Crippen LogP contribution in [0.3, 0.4) is 0 Å². The van der Waals surface area contributed by atoms with Gasteiger partial charge in [-0.1, -0.05) is 20.1 Å². The van der Waals surface area contributed by atoms with E-state index >= 15 is 0 Å². The van der Waals surface area contributed by atoms with Gasteiger partial charge in [-0.2, -0.15) is 5.10 Å². The number of aryl methyl sites for hydroxylation is 2. The van der Waals surface area contributed by atoms with Crippen LogP contribution < -0.4 is 15.0 Å². The molecule has 1 aliphatic rings. The summed E-state index contributed by atoms with van der Waals surface area (Å²) in [5.74, 6) is -0.493. The summed E-state index contributed by atoms with van der Waals surface area (Å²) in [6.07, 6.45) is -6.35. The molecule has 2 N–H and O–H groups in total. The van der Waals surface area contributed by atoms with Crippen molar-refractivity contribution in [2.45, 2.75) is 63.1 Å². The molecule has 1 unspecified atom stereocenters. The zero-order valence-corrected chi connectivity index (χ0v) is 20.2. The fourth-order valence-electron chi connectivity index (χ4n) is 3.77. The van der Waals surface area contributed by atoms with E-state index < -0.39 is 95.5 Å². The Balaban J connectivity index is 1.87. The highest BCUT2D eigenvalue weighted by Gasteiger charge is 2.23. The van der Waals surface area contributed by atoms with E-state index in [2.05, 4.69) is 15.1 Å². The van der Waals surface area contributed by atoms with E-state index in [1.165, 1.54) is 0 Å². The molecule has 0 saturated carbocycles. The molecule has 0 amide bonds. The van der Waals surface area contributed by atoms with Gasteiger partial charge in [-0.05, 0) is 63.8 Å². The lowest BCUT2D eigenvalue weighted by Crippen LogP contribution is -2.31. The second kappa shape index (κ2) is 11.1. The number of ether oxygens (including phenoxy) is 1. The molecule has 1 saturated heterocycles. The molecule has 1 aromatic carbocycles. The Labute approximate surface area is 233 Å². The first-order valence-electron chi connectivity index (χ1n) is 18.7. The van der Waals surface area contributed by atoms with Crippen molar-refractivity contribution in [3.05, 3.63) is 34.2 Å². The van der Waals surface area contributed by atoms with Crippen LogP contribution in [0, 0.1) is 0 Å². The maximum absolute atomic E-state index is 13.6. The molecule has 11 heteroatoms. The zero-order valence-electron chi connectivity index (χ0n) is 34.4. The molecule has 3 aromatic rings. The van der Waals surface area contributed by atoms with Gasteiger partial charge in [-0.15, -0.1) is 0 Å². The Morgan fingerprint density at radius 2 is 2.25 bits per heavy atom. The van der Waals surface area contributed by atoms with Crippen LogP contribution in [0.1, 0.15) is 72.0 Å². The lowest BCUT2D eigenvalue weighted by Gasteiger charge is -2.19. The summed E-state index contributed by atoms with van der Waals surface area (Å²) in [6.45, 7) is -10.6. The summed E-state index contributed by atoms with van der Waals surface area (Å²) in [5, 5.41) is 3.83. The number of fused-ring (bicyclic) bond motifs is 1. The molecular weight excluding hydrogens is 480 g/mol. The highest BCUT2D eigenvalue weighted by Crippen LogP contribution is 2.31. The third kappa shape index (κ3) is 5.47. The number of sulfonamides is 1. The Kier molecular flexibility index (Phi) is 4.06. The second-order valence-corrected chi connectivity index (χ2v) is 9.74. The highest BCUT2D eigenvalue weighted by atomic mass is 32.2. The van der Waals surface area contributed by atoms with Crippen LogP contribution >= 0.6 is 0 Å². The van der Waals surface area contributed by atoms with Crippen LogP contribution in [0.15, 0.2) is 27.9 Å². The van der Waals surface area contributed by atoms with Crippen molar-refractivity contribution in [2.24, 2.45) is 6.98 Å². The third-order valence-corrected chi connectivity index (χ3v) is 6.76. The number of rotatable bonds is 11. The lowest BCUT2D eigenvalue weighted by atomic mass is 10.1. The van der Waals surface area contributed by atoms with Gasteiger partial charge < -0.3 is 14.6 Å². The van der Waals surface area contributed by atoms with Gasteiger partial charge in [0.1, 0.15) is 17.1 Å². The molecule has 2 aromatic heterocycles. The van der Waals surface area contributed by atoms with E-state index in [-0.39, 0.29) is 37.3 Å². The molecule has 1 atom stereocenters. The van der Waals surface area contributed by atoms with Crippen LogP contribution in [0.5, 0.6) is 5.75 Å². The van der Waals surface area contributed by atoms with E-state index in [1.807, 2.05) is 0 Å². The highest BCUT2D eigenvalue weighted by molar-refractivity contribution is 7.89. The van der Waals surface area contributed by atoms with Gasteiger partial charge in [0, 0.05) is 40.1 Å². The predicted octanol–water partition coefficient (Wildman–Crippen LogP) is 2.83. The van der Waals surface area contributed by atoms with Gasteiger partial charge in [0.05, 0.1) is 22.8 Å². The lowest BCUT2D eigenvalue weighted by molar-refractivity contribution is 0.297.